The molecule has 0 unspecified atom stereocenters. The largest absolute Gasteiger partial charge is 0.481 e. The summed E-state index contributed by atoms with van der Waals surface area (Å²) in [5, 5.41) is 23.8. The Balaban J connectivity index is 1.84. The minimum absolute atomic E-state index is 0.00199. The molecule has 1 saturated carbocycles. The molecule has 1 aliphatic rings. The number of aryl methyl sites for hydroxylation is 1. The molecule has 5 N–H and O–H groups in total. The molecule has 0 saturated heterocycles. The molecule has 0 bridgehead atoms. The number of carboxylic acids is 1. The SMILES string of the molecule is CCn1nc(-c2ccc(C(=N)N)cc2)cc(C(=O)NC2CCC(C(=O)O)CC2)c1=O. The zero-order valence-electron chi connectivity index (χ0n) is 16.7. The molecule has 2 aromatic rings. The van der Waals surface area contributed by atoms with E-state index in [-0.39, 0.29) is 23.4 Å². The number of carbonyl (C=O) groups excluding carboxylic acids is 1. The average molecular weight is 411 g/mol. The monoisotopic (exact) mass is 411 g/mol. The van der Waals surface area contributed by atoms with Crippen molar-refractivity contribution in [2.45, 2.75) is 45.2 Å². The summed E-state index contributed by atoms with van der Waals surface area (Å²) in [5.41, 5.74) is 6.73. The lowest BCUT2D eigenvalue weighted by molar-refractivity contribution is -0.142. The van der Waals surface area contributed by atoms with E-state index in [1.807, 2.05) is 0 Å². The summed E-state index contributed by atoms with van der Waals surface area (Å²) >= 11 is 0. The van der Waals surface area contributed by atoms with Crippen LogP contribution in [0.1, 0.15) is 48.5 Å². The molecule has 30 heavy (non-hydrogen) atoms. The van der Waals surface area contributed by atoms with Crippen molar-refractivity contribution in [2.24, 2.45) is 11.7 Å². The summed E-state index contributed by atoms with van der Waals surface area (Å²) in [5.74, 6) is -1.71. The third kappa shape index (κ3) is 4.56. The maximum absolute atomic E-state index is 12.8. The number of rotatable bonds is 6. The summed E-state index contributed by atoms with van der Waals surface area (Å²) in [7, 11) is 0. The number of nitrogens with one attached hydrogen (secondary N) is 2. The van der Waals surface area contributed by atoms with Crippen LogP contribution in [0.4, 0.5) is 0 Å². The Labute approximate surface area is 173 Å². The van der Waals surface area contributed by atoms with Gasteiger partial charge in [-0.25, -0.2) is 4.68 Å². The molecule has 9 heteroatoms. The molecular formula is C21H25N5O4. The molecule has 1 aliphatic carbocycles. The number of nitrogens with zero attached hydrogens (tertiary/aromatic N) is 2. The molecule has 0 radical (unpaired) electrons. The molecular weight excluding hydrogens is 386 g/mol. The standard InChI is InChI=1S/C21H25N5O4/c1-2-26-20(28)16(19(27)24-15-9-7-14(8-10-15)21(29)30)11-17(25-26)12-3-5-13(6-4-12)18(22)23/h3-6,11,14-15H,2,7-10H2,1H3,(H3,22,23)(H,24,27)(H,29,30). The smallest absolute Gasteiger partial charge is 0.306 e. The molecule has 1 aromatic carbocycles. The Bertz CT molecular complexity index is 1020. The van der Waals surface area contributed by atoms with E-state index >= 15 is 0 Å². The highest BCUT2D eigenvalue weighted by atomic mass is 16.4. The number of hydrogen-bond donors (Lipinski definition) is 4. The van der Waals surface area contributed by atoms with Gasteiger partial charge in [-0.1, -0.05) is 24.3 Å². The van der Waals surface area contributed by atoms with Gasteiger partial charge in [-0.2, -0.15) is 5.10 Å². The average Bonchev–Trinajstić information content (AvgIpc) is 2.74. The highest BCUT2D eigenvalue weighted by Crippen LogP contribution is 2.25. The van der Waals surface area contributed by atoms with Crippen molar-refractivity contribution in [3.63, 3.8) is 0 Å². The molecule has 1 fully saturated rings. The molecule has 1 aromatic heterocycles. The van der Waals surface area contributed by atoms with Crippen molar-refractivity contribution in [3.05, 3.63) is 51.8 Å². The summed E-state index contributed by atoms with van der Waals surface area (Å²) in [4.78, 5) is 36.6. The van der Waals surface area contributed by atoms with Gasteiger partial charge in [0.15, 0.2) is 0 Å². The van der Waals surface area contributed by atoms with Crippen LogP contribution in [0.5, 0.6) is 0 Å². The van der Waals surface area contributed by atoms with Gasteiger partial charge in [-0.15, -0.1) is 0 Å². The van der Waals surface area contributed by atoms with Crippen LogP contribution in [0.15, 0.2) is 35.1 Å². The topological polar surface area (TPSA) is 151 Å². The summed E-state index contributed by atoms with van der Waals surface area (Å²) in [6.45, 7) is 2.08. The van der Waals surface area contributed by atoms with Crippen molar-refractivity contribution in [1.29, 1.82) is 5.41 Å². The van der Waals surface area contributed by atoms with Gasteiger partial charge in [-0.3, -0.25) is 19.8 Å². The van der Waals surface area contributed by atoms with Gasteiger partial charge < -0.3 is 16.2 Å². The predicted octanol–water partition coefficient (Wildman–Crippen LogP) is 1.59. The fourth-order valence-electron chi connectivity index (χ4n) is 3.63. The highest BCUT2D eigenvalue weighted by molar-refractivity contribution is 5.96. The first-order chi connectivity index (χ1) is 14.3. The minimum atomic E-state index is -0.805. The first-order valence-electron chi connectivity index (χ1n) is 9.90. The van der Waals surface area contributed by atoms with Crippen molar-refractivity contribution in [1.82, 2.24) is 15.1 Å². The normalized spacial score (nSPS) is 18.6. The van der Waals surface area contributed by atoms with Gasteiger partial charge in [0.05, 0.1) is 11.6 Å². The predicted molar refractivity (Wildman–Crippen MR) is 111 cm³/mol. The minimum Gasteiger partial charge on any atom is -0.481 e. The second-order valence-corrected chi connectivity index (χ2v) is 7.42. The second kappa shape index (κ2) is 8.89. The quantitative estimate of drug-likeness (QED) is 0.418. The number of nitrogen functional groups attached to an aromatic ring is 1. The lowest BCUT2D eigenvalue weighted by Gasteiger charge is -2.26. The number of amidine groups is 1. The van der Waals surface area contributed by atoms with Crippen LogP contribution in [0.3, 0.4) is 0 Å². The van der Waals surface area contributed by atoms with Gasteiger partial charge in [0.2, 0.25) is 0 Å². The third-order valence-corrected chi connectivity index (χ3v) is 5.42. The lowest BCUT2D eigenvalue weighted by Crippen LogP contribution is -2.41. The van der Waals surface area contributed by atoms with Crippen LogP contribution in [0.2, 0.25) is 0 Å². The Morgan fingerprint density at radius 1 is 1.23 bits per heavy atom. The van der Waals surface area contributed by atoms with Crippen LogP contribution < -0.4 is 16.6 Å². The first kappa shape index (κ1) is 21.2. The molecule has 158 valence electrons. The number of aliphatic carboxylic acids is 1. The van der Waals surface area contributed by atoms with Crippen molar-refractivity contribution < 1.29 is 14.7 Å². The highest BCUT2D eigenvalue weighted by Gasteiger charge is 2.27. The summed E-state index contributed by atoms with van der Waals surface area (Å²) in [6.07, 6.45) is 2.14. The maximum atomic E-state index is 12.8. The van der Waals surface area contributed by atoms with Gasteiger partial charge in [0, 0.05) is 23.7 Å². The molecule has 0 atom stereocenters. The van der Waals surface area contributed by atoms with Gasteiger partial charge in [-0.05, 0) is 38.7 Å². The first-order valence-corrected chi connectivity index (χ1v) is 9.90. The Kier molecular flexibility index (Phi) is 6.29. The second-order valence-electron chi connectivity index (χ2n) is 7.42. The van der Waals surface area contributed by atoms with Gasteiger partial charge in [0.1, 0.15) is 11.4 Å². The molecule has 1 heterocycles. The number of hydrogen-bond acceptors (Lipinski definition) is 5. The number of carbonyl (C=O) groups is 2. The van der Waals surface area contributed by atoms with E-state index < -0.39 is 17.4 Å². The van der Waals surface area contributed by atoms with Crippen molar-refractivity contribution in [2.75, 3.05) is 0 Å². The van der Waals surface area contributed by atoms with Crippen LogP contribution in [0.25, 0.3) is 11.3 Å². The molecule has 3 rings (SSSR count). The molecule has 0 spiro atoms. The van der Waals surface area contributed by atoms with Gasteiger partial charge >= 0.3 is 5.97 Å². The van der Waals surface area contributed by atoms with Crippen LogP contribution in [0, 0.1) is 11.3 Å². The summed E-state index contributed by atoms with van der Waals surface area (Å²) in [6, 6.07) is 8.14. The number of benzene rings is 1. The summed E-state index contributed by atoms with van der Waals surface area (Å²) < 4.78 is 1.24. The van der Waals surface area contributed by atoms with Crippen LogP contribution in [-0.2, 0) is 11.3 Å². The van der Waals surface area contributed by atoms with Gasteiger partial charge in [0.25, 0.3) is 11.5 Å². The van der Waals surface area contributed by atoms with E-state index in [9.17, 15) is 14.4 Å². The number of nitrogens with two attached hydrogens (primary N) is 1. The molecule has 1 amide bonds. The van der Waals surface area contributed by atoms with E-state index in [1.165, 1.54) is 10.7 Å². The van der Waals surface area contributed by atoms with E-state index in [1.54, 1.807) is 31.2 Å². The van der Waals surface area contributed by atoms with Crippen LogP contribution in [-0.4, -0.2) is 38.6 Å². The van der Waals surface area contributed by atoms with E-state index in [0.717, 1.165) is 0 Å². The third-order valence-electron chi connectivity index (χ3n) is 5.42. The lowest BCUT2D eigenvalue weighted by atomic mass is 9.86. The Hall–Kier alpha value is -3.49. The maximum Gasteiger partial charge on any atom is 0.306 e. The Morgan fingerprint density at radius 3 is 2.40 bits per heavy atom. The Morgan fingerprint density at radius 2 is 1.87 bits per heavy atom. The van der Waals surface area contributed by atoms with Crippen molar-refractivity contribution >= 4 is 17.7 Å². The van der Waals surface area contributed by atoms with Crippen molar-refractivity contribution in [3.8, 4) is 11.3 Å². The van der Waals surface area contributed by atoms with E-state index in [4.69, 9.17) is 16.2 Å². The fourth-order valence-corrected chi connectivity index (χ4v) is 3.63. The number of aromatic nitrogens is 2. The molecule has 0 aliphatic heterocycles. The zero-order valence-corrected chi connectivity index (χ0v) is 16.7. The fraction of sp³-hybridized carbons (Fsp3) is 0.381. The number of amides is 1. The van der Waals surface area contributed by atoms with Crippen LogP contribution >= 0.6 is 0 Å². The molecule has 9 nitrogen and oxygen atoms in total. The zero-order chi connectivity index (χ0) is 21.8. The van der Waals surface area contributed by atoms with E-state index in [2.05, 4.69) is 10.4 Å². The van der Waals surface area contributed by atoms with E-state index in [0.29, 0.717) is 49.0 Å². The number of carboxylic acid groups (broad SMARTS) is 1.